The molecular weight excluding hydrogens is 258 g/mol. The molecule has 0 spiro atoms. The van der Waals surface area contributed by atoms with Gasteiger partial charge in [-0.15, -0.1) is 0 Å². The maximum atomic E-state index is 11.7. The molecule has 1 aromatic rings. The van der Waals surface area contributed by atoms with E-state index in [-0.39, 0.29) is 18.9 Å². The molecule has 0 aliphatic rings. The van der Waals surface area contributed by atoms with Crippen LogP contribution in [0.1, 0.15) is 32.3 Å². The predicted octanol–water partition coefficient (Wildman–Crippen LogP) is 2.13. The fraction of sp³-hybridized carbons (Fsp3) is 0.467. The maximum absolute atomic E-state index is 11.7. The van der Waals surface area contributed by atoms with E-state index in [1.54, 1.807) is 6.92 Å². The minimum absolute atomic E-state index is 0.122. The molecule has 5 heteroatoms. The van der Waals surface area contributed by atoms with E-state index in [2.05, 4.69) is 5.32 Å². The minimum atomic E-state index is -1.22. The largest absolute Gasteiger partial charge is 0.493 e. The zero-order valence-corrected chi connectivity index (χ0v) is 12.1. The van der Waals surface area contributed by atoms with Gasteiger partial charge in [0, 0.05) is 0 Å². The van der Waals surface area contributed by atoms with Gasteiger partial charge in [-0.25, -0.2) is 4.79 Å². The highest BCUT2D eigenvalue weighted by Gasteiger charge is 2.32. The van der Waals surface area contributed by atoms with Gasteiger partial charge in [0.25, 0.3) is 0 Å². The van der Waals surface area contributed by atoms with E-state index in [0.717, 1.165) is 11.3 Å². The Morgan fingerprint density at radius 2 is 2.00 bits per heavy atom. The number of amides is 1. The van der Waals surface area contributed by atoms with Gasteiger partial charge in [0.05, 0.1) is 13.0 Å². The summed E-state index contributed by atoms with van der Waals surface area (Å²) in [5.74, 6) is -0.629. The van der Waals surface area contributed by atoms with Crippen molar-refractivity contribution in [1.29, 1.82) is 0 Å². The average Bonchev–Trinajstić information content (AvgIpc) is 2.40. The van der Waals surface area contributed by atoms with Crippen LogP contribution < -0.4 is 10.1 Å². The number of carbonyl (C=O) groups excluding carboxylic acids is 1. The Labute approximate surface area is 118 Å². The topological polar surface area (TPSA) is 75.6 Å². The summed E-state index contributed by atoms with van der Waals surface area (Å²) in [7, 11) is 0. The van der Waals surface area contributed by atoms with E-state index in [9.17, 15) is 9.59 Å². The fourth-order valence-electron chi connectivity index (χ4n) is 1.64. The molecular formula is C15H21NO4. The van der Waals surface area contributed by atoms with Gasteiger partial charge in [0.15, 0.2) is 0 Å². The van der Waals surface area contributed by atoms with E-state index in [0.29, 0.717) is 6.42 Å². The number of aliphatic carboxylic acids is 1. The lowest BCUT2D eigenvalue weighted by Crippen LogP contribution is -2.51. The second kappa shape index (κ2) is 6.93. The lowest BCUT2D eigenvalue weighted by atomic mass is 9.99. The number of ether oxygens (including phenoxy) is 1. The molecule has 0 aromatic heterocycles. The zero-order valence-electron chi connectivity index (χ0n) is 12.1. The van der Waals surface area contributed by atoms with Crippen molar-refractivity contribution in [3.05, 3.63) is 29.8 Å². The number of para-hydroxylation sites is 1. The second-order valence-corrected chi connectivity index (χ2v) is 4.90. The number of hydrogen-bond donors (Lipinski definition) is 2. The van der Waals surface area contributed by atoms with Crippen molar-refractivity contribution in [3.8, 4) is 5.75 Å². The van der Waals surface area contributed by atoms with Crippen LogP contribution in [0.25, 0.3) is 0 Å². The number of carbonyl (C=O) groups is 2. The van der Waals surface area contributed by atoms with Gasteiger partial charge in [-0.05, 0) is 31.9 Å². The molecule has 0 aliphatic heterocycles. The molecule has 2 N–H and O–H groups in total. The molecule has 0 saturated carbocycles. The first-order valence-electron chi connectivity index (χ1n) is 6.62. The van der Waals surface area contributed by atoms with Crippen LogP contribution in [0.15, 0.2) is 24.3 Å². The molecule has 0 saturated heterocycles. The Balaban J connectivity index is 2.45. The van der Waals surface area contributed by atoms with Crippen LogP contribution in [0.5, 0.6) is 5.75 Å². The Bertz CT molecular complexity index is 487. The van der Waals surface area contributed by atoms with Crippen LogP contribution in [-0.2, 0) is 9.59 Å². The Morgan fingerprint density at radius 1 is 1.35 bits per heavy atom. The summed E-state index contributed by atoms with van der Waals surface area (Å²) in [5, 5.41) is 11.6. The van der Waals surface area contributed by atoms with Crippen molar-refractivity contribution in [3.63, 3.8) is 0 Å². The van der Waals surface area contributed by atoms with Gasteiger partial charge >= 0.3 is 5.97 Å². The summed E-state index contributed by atoms with van der Waals surface area (Å²) in [6, 6.07) is 7.53. The molecule has 1 amide bonds. The molecule has 110 valence electrons. The van der Waals surface area contributed by atoms with Crippen molar-refractivity contribution < 1.29 is 19.4 Å². The summed E-state index contributed by atoms with van der Waals surface area (Å²) in [6.45, 7) is 5.36. The minimum Gasteiger partial charge on any atom is -0.493 e. The smallest absolute Gasteiger partial charge is 0.329 e. The van der Waals surface area contributed by atoms with Gasteiger partial charge in [0.1, 0.15) is 11.3 Å². The van der Waals surface area contributed by atoms with E-state index >= 15 is 0 Å². The first kappa shape index (κ1) is 16.0. The summed E-state index contributed by atoms with van der Waals surface area (Å²) in [5.41, 5.74) is -0.225. The molecule has 1 unspecified atom stereocenters. The first-order chi connectivity index (χ1) is 9.39. The Morgan fingerprint density at radius 3 is 2.55 bits per heavy atom. The van der Waals surface area contributed by atoms with Crippen molar-refractivity contribution in [2.45, 2.75) is 39.2 Å². The van der Waals surface area contributed by atoms with Crippen LogP contribution in [0.4, 0.5) is 0 Å². The van der Waals surface area contributed by atoms with E-state index in [1.807, 2.05) is 31.2 Å². The standard InChI is InChI=1S/C15H21NO4/c1-4-15(3,14(18)19)16-13(17)9-10-20-12-8-6-5-7-11(12)2/h5-8H,4,9-10H2,1-3H3,(H,16,17)(H,18,19). The van der Waals surface area contributed by atoms with Gasteiger partial charge in [-0.3, -0.25) is 4.79 Å². The summed E-state index contributed by atoms with van der Waals surface area (Å²) < 4.78 is 5.51. The Hall–Kier alpha value is -2.04. The maximum Gasteiger partial charge on any atom is 0.329 e. The number of rotatable bonds is 7. The number of nitrogens with one attached hydrogen (secondary N) is 1. The van der Waals surface area contributed by atoms with Gasteiger partial charge in [0.2, 0.25) is 5.91 Å². The summed E-state index contributed by atoms with van der Waals surface area (Å²) in [6.07, 6.45) is 0.448. The number of benzene rings is 1. The number of hydrogen-bond acceptors (Lipinski definition) is 3. The monoisotopic (exact) mass is 279 g/mol. The molecule has 0 bridgehead atoms. The fourth-order valence-corrected chi connectivity index (χ4v) is 1.64. The van der Waals surface area contributed by atoms with Crippen molar-refractivity contribution in [1.82, 2.24) is 5.32 Å². The highest BCUT2D eigenvalue weighted by molar-refractivity contribution is 5.86. The average molecular weight is 279 g/mol. The summed E-state index contributed by atoms with van der Waals surface area (Å²) >= 11 is 0. The quantitative estimate of drug-likeness (QED) is 0.801. The normalized spacial score (nSPS) is 13.3. The third-order valence-corrected chi connectivity index (χ3v) is 3.27. The van der Waals surface area contributed by atoms with Crippen molar-refractivity contribution in [2.75, 3.05) is 6.61 Å². The number of carboxylic acids is 1. The molecule has 0 radical (unpaired) electrons. The molecule has 20 heavy (non-hydrogen) atoms. The van der Waals surface area contributed by atoms with Gasteiger partial charge in [-0.1, -0.05) is 25.1 Å². The highest BCUT2D eigenvalue weighted by Crippen LogP contribution is 2.16. The molecule has 0 aliphatic carbocycles. The SMILES string of the molecule is CCC(C)(NC(=O)CCOc1ccccc1C)C(=O)O. The van der Waals surface area contributed by atoms with Crippen LogP contribution in [0.2, 0.25) is 0 Å². The third-order valence-electron chi connectivity index (χ3n) is 3.27. The molecule has 0 heterocycles. The number of aryl methyl sites for hydroxylation is 1. The second-order valence-electron chi connectivity index (χ2n) is 4.90. The molecule has 0 fully saturated rings. The lowest BCUT2D eigenvalue weighted by molar-refractivity contribution is -0.147. The third kappa shape index (κ3) is 4.26. The first-order valence-corrected chi connectivity index (χ1v) is 6.62. The lowest BCUT2D eigenvalue weighted by Gasteiger charge is -2.24. The number of carboxylic acid groups (broad SMARTS) is 1. The van der Waals surface area contributed by atoms with Crippen molar-refractivity contribution in [2.24, 2.45) is 0 Å². The highest BCUT2D eigenvalue weighted by atomic mass is 16.5. The van der Waals surface area contributed by atoms with Gasteiger partial charge < -0.3 is 15.2 Å². The van der Waals surface area contributed by atoms with E-state index in [4.69, 9.17) is 9.84 Å². The van der Waals surface area contributed by atoms with Crippen LogP contribution in [0.3, 0.4) is 0 Å². The molecule has 5 nitrogen and oxygen atoms in total. The zero-order chi connectivity index (χ0) is 15.2. The van der Waals surface area contributed by atoms with E-state index < -0.39 is 11.5 Å². The van der Waals surface area contributed by atoms with Crippen LogP contribution in [0, 0.1) is 6.92 Å². The summed E-state index contributed by atoms with van der Waals surface area (Å²) in [4.78, 5) is 22.8. The van der Waals surface area contributed by atoms with Crippen molar-refractivity contribution >= 4 is 11.9 Å². The van der Waals surface area contributed by atoms with E-state index in [1.165, 1.54) is 6.92 Å². The molecule has 1 rings (SSSR count). The van der Waals surface area contributed by atoms with Crippen LogP contribution >= 0.6 is 0 Å². The Kier molecular flexibility index (Phi) is 5.55. The molecule has 1 aromatic carbocycles. The van der Waals surface area contributed by atoms with Crippen LogP contribution in [-0.4, -0.2) is 29.1 Å². The predicted molar refractivity (Wildman–Crippen MR) is 75.8 cm³/mol. The molecule has 1 atom stereocenters. The van der Waals surface area contributed by atoms with Gasteiger partial charge in [-0.2, -0.15) is 0 Å².